The Balaban J connectivity index is 3.35. The van der Waals surface area contributed by atoms with Crippen molar-refractivity contribution in [2.75, 3.05) is 7.11 Å². The molecule has 0 heterocycles. The highest BCUT2D eigenvalue weighted by Gasteiger charge is 2.41. The number of hydrogen-bond donors (Lipinski definition) is 0. The highest BCUT2D eigenvalue weighted by atomic mass is 28.4. The van der Waals surface area contributed by atoms with E-state index in [1.165, 1.54) is 0 Å². The van der Waals surface area contributed by atoms with E-state index in [0.29, 0.717) is 0 Å². The first-order chi connectivity index (χ1) is 12.6. The summed E-state index contributed by atoms with van der Waals surface area (Å²) in [4.78, 5) is 0. The Hall–Kier alpha value is -1.05. The zero-order chi connectivity index (χ0) is 22.0. The molecule has 0 saturated carbocycles. The average Bonchev–Trinajstić information content (AvgIpc) is 2.51. The maximum Gasteiger partial charge on any atom is 0.250 e. The summed E-state index contributed by atoms with van der Waals surface area (Å²) in [6, 6.07) is 6.13. The van der Waals surface area contributed by atoms with Crippen molar-refractivity contribution in [2.24, 2.45) is 0 Å². The lowest BCUT2D eigenvalue weighted by Crippen LogP contribution is -2.44. The van der Waals surface area contributed by atoms with Crippen LogP contribution in [0.1, 0.15) is 59.6 Å². The molecule has 0 aliphatic heterocycles. The number of hydrogen-bond acceptors (Lipinski definition) is 3. The van der Waals surface area contributed by atoms with Gasteiger partial charge in [-0.2, -0.15) is 0 Å². The Morgan fingerprint density at radius 2 is 1.50 bits per heavy atom. The first-order valence-corrected chi connectivity index (χ1v) is 16.0. The predicted octanol–water partition coefficient (Wildman–Crippen LogP) is 7.72. The molecular formula is C23H42O3Si2. The van der Waals surface area contributed by atoms with Crippen LogP contribution in [0.4, 0.5) is 0 Å². The van der Waals surface area contributed by atoms with Crippen LogP contribution in [0.5, 0.6) is 11.5 Å². The van der Waals surface area contributed by atoms with E-state index in [0.717, 1.165) is 23.5 Å². The molecule has 160 valence electrons. The van der Waals surface area contributed by atoms with Gasteiger partial charge in [-0.25, -0.2) is 0 Å². The maximum absolute atomic E-state index is 6.77. The summed E-state index contributed by atoms with van der Waals surface area (Å²) >= 11 is 0. The van der Waals surface area contributed by atoms with Crippen molar-refractivity contribution >= 4 is 16.6 Å². The zero-order valence-electron chi connectivity index (χ0n) is 20.0. The third kappa shape index (κ3) is 5.97. The molecule has 0 aliphatic carbocycles. The van der Waals surface area contributed by atoms with E-state index in [4.69, 9.17) is 13.6 Å². The fraction of sp³-hybridized carbons (Fsp3) is 0.652. The fourth-order valence-corrected chi connectivity index (χ4v) is 4.71. The molecule has 0 radical (unpaired) electrons. The molecule has 5 heteroatoms. The monoisotopic (exact) mass is 422 g/mol. The van der Waals surface area contributed by atoms with Crippen LogP contribution in [0.2, 0.25) is 36.3 Å². The van der Waals surface area contributed by atoms with Crippen molar-refractivity contribution in [2.45, 2.75) is 90.3 Å². The molecule has 0 aromatic heterocycles. The van der Waals surface area contributed by atoms with Crippen LogP contribution in [-0.2, 0) is 4.43 Å². The minimum absolute atomic E-state index is 0.0868. The quantitative estimate of drug-likeness (QED) is 0.317. The maximum atomic E-state index is 6.77. The van der Waals surface area contributed by atoms with Crippen molar-refractivity contribution in [3.05, 3.63) is 36.4 Å². The second kappa shape index (κ2) is 8.76. The molecule has 0 bridgehead atoms. The van der Waals surface area contributed by atoms with Gasteiger partial charge in [0.15, 0.2) is 8.32 Å². The molecule has 0 unspecified atom stereocenters. The Morgan fingerprint density at radius 3 is 1.93 bits per heavy atom. The molecule has 0 fully saturated rings. The standard InChI is InChI=1S/C23H42O3Si2/c1-13-14-21(26-28(11,12)23(5,6)7)19-17-18(15-16-20(19)24-8)25-27(9,10)22(2,3)4/h13,15-17,21H,1,14H2,2-12H3/t21-/m1/s1. The van der Waals surface area contributed by atoms with Gasteiger partial charge in [0.1, 0.15) is 11.5 Å². The number of ether oxygens (including phenoxy) is 1. The predicted molar refractivity (Wildman–Crippen MR) is 127 cm³/mol. The Labute approximate surface area is 175 Å². The van der Waals surface area contributed by atoms with Crippen molar-refractivity contribution < 1.29 is 13.6 Å². The van der Waals surface area contributed by atoms with Gasteiger partial charge in [0.2, 0.25) is 8.32 Å². The lowest BCUT2D eigenvalue weighted by molar-refractivity contribution is 0.182. The zero-order valence-corrected chi connectivity index (χ0v) is 22.0. The second-order valence-electron chi connectivity index (χ2n) is 10.7. The molecule has 1 aromatic rings. The average molecular weight is 423 g/mol. The molecule has 1 atom stereocenters. The Morgan fingerprint density at radius 1 is 0.964 bits per heavy atom. The SMILES string of the molecule is C=CC[C@@H](O[Si](C)(C)C(C)(C)C)c1cc(O[Si](C)(C)C(C)(C)C)ccc1OC. The molecule has 3 nitrogen and oxygen atoms in total. The number of rotatable bonds is 8. The van der Waals surface area contributed by atoms with E-state index in [-0.39, 0.29) is 16.2 Å². The summed E-state index contributed by atoms with van der Waals surface area (Å²) in [5.41, 5.74) is 1.04. The minimum Gasteiger partial charge on any atom is -0.543 e. The van der Waals surface area contributed by atoms with Gasteiger partial charge in [-0.3, -0.25) is 0 Å². The van der Waals surface area contributed by atoms with Crippen LogP contribution in [0.25, 0.3) is 0 Å². The summed E-state index contributed by atoms with van der Waals surface area (Å²) in [6.45, 7) is 26.6. The number of benzene rings is 1. The largest absolute Gasteiger partial charge is 0.543 e. The van der Waals surface area contributed by atoms with Gasteiger partial charge in [-0.15, -0.1) is 6.58 Å². The van der Waals surface area contributed by atoms with Crippen LogP contribution in [0.3, 0.4) is 0 Å². The Kier molecular flexibility index (Phi) is 7.82. The van der Waals surface area contributed by atoms with E-state index >= 15 is 0 Å². The van der Waals surface area contributed by atoms with E-state index < -0.39 is 16.6 Å². The minimum atomic E-state index is -1.95. The summed E-state index contributed by atoms with van der Waals surface area (Å²) in [5, 5.41) is 0.278. The molecule has 0 saturated heterocycles. The lowest BCUT2D eigenvalue weighted by atomic mass is 10.1. The topological polar surface area (TPSA) is 27.7 Å². The second-order valence-corrected chi connectivity index (χ2v) is 20.1. The van der Waals surface area contributed by atoms with Gasteiger partial charge in [0.25, 0.3) is 0 Å². The molecule has 0 spiro atoms. The van der Waals surface area contributed by atoms with Gasteiger partial charge < -0.3 is 13.6 Å². The Bertz CT molecular complexity index is 667. The highest BCUT2D eigenvalue weighted by Crippen LogP contribution is 2.44. The third-order valence-corrected chi connectivity index (χ3v) is 15.2. The summed E-state index contributed by atoms with van der Waals surface area (Å²) in [5.74, 6) is 1.74. The van der Waals surface area contributed by atoms with Crippen molar-refractivity contribution in [3.8, 4) is 11.5 Å². The molecule has 0 amide bonds. The van der Waals surface area contributed by atoms with Crippen LogP contribution >= 0.6 is 0 Å². The highest BCUT2D eigenvalue weighted by molar-refractivity contribution is 6.75. The first-order valence-electron chi connectivity index (χ1n) is 10.2. The first kappa shape index (κ1) is 25.0. The van der Waals surface area contributed by atoms with Crippen LogP contribution in [0, 0.1) is 0 Å². The molecule has 0 N–H and O–H groups in total. The van der Waals surface area contributed by atoms with Crippen LogP contribution < -0.4 is 9.16 Å². The smallest absolute Gasteiger partial charge is 0.250 e. The normalized spacial score (nSPS) is 14.5. The van der Waals surface area contributed by atoms with E-state index in [2.05, 4.69) is 80.4 Å². The van der Waals surface area contributed by atoms with E-state index in [1.54, 1.807) is 7.11 Å². The molecule has 1 rings (SSSR count). The molecule has 28 heavy (non-hydrogen) atoms. The van der Waals surface area contributed by atoms with Gasteiger partial charge in [0, 0.05) is 5.56 Å². The van der Waals surface area contributed by atoms with E-state index in [1.807, 2.05) is 18.2 Å². The van der Waals surface area contributed by atoms with E-state index in [9.17, 15) is 0 Å². The van der Waals surface area contributed by atoms with Gasteiger partial charge in [-0.05, 0) is 60.9 Å². The molecule has 0 aliphatic rings. The molecule has 1 aromatic carbocycles. The van der Waals surface area contributed by atoms with Crippen LogP contribution in [-0.4, -0.2) is 23.7 Å². The van der Waals surface area contributed by atoms with Gasteiger partial charge in [0.05, 0.1) is 13.2 Å². The van der Waals surface area contributed by atoms with Crippen molar-refractivity contribution in [1.82, 2.24) is 0 Å². The van der Waals surface area contributed by atoms with Crippen LogP contribution in [0.15, 0.2) is 30.9 Å². The third-order valence-electron chi connectivity index (χ3n) is 6.35. The summed E-state index contributed by atoms with van der Waals surface area (Å²) < 4.78 is 19.0. The molecular weight excluding hydrogens is 380 g/mol. The summed E-state index contributed by atoms with van der Waals surface area (Å²) in [7, 11) is -2.16. The van der Waals surface area contributed by atoms with Gasteiger partial charge >= 0.3 is 0 Å². The summed E-state index contributed by atoms with van der Waals surface area (Å²) in [6.07, 6.45) is 2.58. The fourth-order valence-electron chi connectivity index (χ4n) is 2.40. The van der Waals surface area contributed by atoms with Crippen molar-refractivity contribution in [1.29, 1.82) is 0 Å². The van der Waals surface area contributed by atoms with Gasteiger partial charge in [-0.1, -0.05) is 47.6 Å². The lowest BCUT2D eigenvalue weighted by Gasteiger charge is -2.40. The number of methoxy groups -OCH3 is 1. The van der Waals surface area contributed by atoms with Crippen molar-refractivity contribution in [3.63, 3.8) is 0 Å².